The number of likely N-dealkylation sites (N-methyl/N-ethyl adjacent to an activating group) is 1. The SMILES string of the molecule is CNC1(C(=O)OC)CC1c1ccc(Br)cc1. The Bertz CT molecular complexity index is 404. The molecule has 0 saturated heterocycles. The number of carbonyl (C=O) groups is 1. The molecule has 1 aliphatic rings. The summed E-state index contributed by atoms with van der Waals surface area (Å²) < 4.78 is 5.88. The van der Waals surface area contributed by atoms with Gasteiger partial charge in [0.05, 0.1) is 7.11 Å². The number of ether oxygens (including phenoxy) is 1. The van der Waals surface area contributed by atoms with Gasteiger partial charge >= 0.3 is 5.97 Å². The first kappa shape index (κ1) is 11.6. The van der Waals surface area contributed by atoms with E-state index < -0.39 is 5.54 Å². The smallest absolute Gasteiger partial charge is 0.326 e. The van der Waals surface area contributed by atoms with Crippen molar-refractivity contribution in [3.63, 3.8) is 0 Å². The second-order valence-electron chi connectivity index (χ2n) is 4.02. The van der Waals surface area contributed by atoms with Crippen molar-refractivity contribution in [1.82, 2.24) is 5.32 Å². The molecule has 86 valence electrons. The summed E-state index contributed by atoms with van der Waals surface area (Å²) in [6.45, 7) is 0. The van der Waals surface area contributed by atoms with Crippen LogP contribution >= 0.6 is 15.9 Å². The van der Waals surface area contributed by atoms with Crippen LogP contribution in [0.15, 0.2) is 28.7 Å². The van der Waals surface area contributed by atoms with Gasteiger partial charge in [0.25, 0.3) is 0 Å². The van der Waals surface area contributed by atoms with E-state index in [9.17, 15) is 4.79 Å². The quantitative estimate of drug-likeness (QED) is 0.863. The number of esters is 1. The fraction of sp³-hybridized carbons (Fsp3) is 0.417. The van der Waals surface area contributed by atoms with E-state index in [2.05, 4.69) is 21.2 Å². The predicted molar refractivity (Wildman–Crippen MR) is 65.3 cm³/mol. The molecule has 1 N–H and O–H groups in total. The second kappa shape index (κ2) is 4.18. The molecule has 3 nitrogen and oxygen atoms in total. The van der Waals surface area contributed by atoms with Crippen molar-refractivity contribution in [1.29, 1.82) is 0 Å². The third-order valence-corrected chi connectivity index (χ3v) is 3.76. The fourth-order valence-electron chi connectivity index (χ4n) is 2.15. The molecule has 0 bridgehead atoms. The molecule has 4 heteroatoms. The molecule has 0 spiro atoms. The molecule has 0 heterocycles. The molecular formula is C12H14BrNO2. The minimum absolute atomic E-state index is 0.178. The molecule has 1 aliphatic carbocycles. The van der Waals surface area contributed by atoms with Crippen LogP contribution in [0, 0.1) is 0 Å². The molecule has 1 aromatic rings. The molecule has 0 radical (unpaired) electrons. The van der Waals surface area contributed by atoms with Crippen molar-refractivity contribution in [2.75, 3.05) is 14.2 Å². The Balaban J connectivity index is 2.20. The van der Waals surface area contributed by atoms with E-state index in [4.69, 9.17) is 4.74 Å². The van der Waals surface area contributed by atoms with Gasteiger partial charge in [0.1, 0.15) is 5.54 Å². The number of nitrogens with one attached hydrogen (secondary N) is 1. The van der Waals surface area contributed by atoms with Gasteiger partial charge in [0.2, 0.25) is 0 Å². The molecule has 2 rings (SSSR count). The second-order valence-corrected chi connectivity index (χ2v) is 4.94. The summed E-state index contributed by atoms with van der Waals surface area (Å²) in [5.74, 6) is 0.0426. The molecule has 2 unspecified atom stereocenters. The summed E-state index contributed by atoms with van der Waals surface area (Å²) in [6.07, 6.45) is 0.803. The monoisotopic (exact) mass is 283 g/mol. The summed E-state index contributed by atoms with van der Waals surface area (Å²) in [5, 5.41) is 3.08. The number of methoxy groups -OCH3 is 1. The lowest BCUT2D eigenvalue weighted by Gasteiger charge is -2.13. The first-order valence-electron chi connectivity index (χ1n) is 5.17. The summed E-state index contributed by atoms with van der Waals surface area (Å²) in [4.78, 5) is 11.7. The third-order valence-electron chi connectivity index (χ3n) is 3.23. The molecular weight excluding hydrogens is 270 g/mol. The summed E-state index contributed by atoms with van der Waals surface area (Å²) in [6, 6.07) is 8.06. The van der Waals surface area contributed by atoms with Crippen molar-refractivity contribution in [2.24, 2.45) is 0 Å². The van der Waals surface area contributed by atoms with Crippen LogP contribution in [0.4, 0.5) is 0 Å². The predicted octanol–water partition coefficient (Wildman–Crippen LogP) is 2.07. The maximum absolute atomic E-state index is 11.7. The Morgan fingerprint density at radius 1 is 1.50 bits per heavy atom. The van der Waals surface area contributed by atoms with Crippen LogP contribution in [-0.2, 0) is 9.53 Å². The number of rotatable bonds is 3. The van der Waals surface area contributed by atoms with Gasteiger partial charge in [-0.25, -0.2) is 0 Å². The lowest BCUT2D eigenvalue weighted by molar-refractivity contribution is -0.144. The molecule has 2 atom stereocenters. The normalized spacial score (nSPS) is 27.6. The average molecular weight is 284 g/mol. The van der Waals surface area contributed by atoms with Crippen LogP contribution in [0.25, 0.3) is 0 Å². The Morgan fingerprint density at radius 3 is 2.62 bits per heavy atom. The average Bonchev–Trinajstić information content (AvgIpc) is 3.05. The highest BCUT2D eigenvalue weighted by Gasteiger charge is 2.60. The first-order chi connectivity index (χ1) is 7.64. The van der Waals surface area contributed by atoms with Crippen LogP contribution in [0.2, 0.25) is 0 Å². The van der Waals surface area contributed by atoms with E-state index in [0.29, 0.717) is 0 Å². The van der Waals surface area contributed by atoms with Crippen molar-refractivity contribution in [3.05, 3.63) is 34.3 Å². The van der Waals surface area contributed by atoms with Crippen LogP contribution < -0.4 is 5.32 Å². The van der Waals surface area contributed by atoms with Gasteiger partial charge in [-0.1, -0.05) is 28.1 Å². The van der Waals surface area contributed by atoms with Crippen LogP contribution in [0.1, 0.15) is 17.9 Å². The Labute approximate surface area is 103 Å². The van der Waals surface area contributed by atoms with Gasteiger partial charge < -0.3 is 10.1 Å². The molecule has 1 aromatic carbocycles. The van der Waals surface area contributed by atoms with Crippen molar-refractivity contribution < 1.29 is 9.53 Å². The first-order valence-corrected chi connectivity index (χ1v) is 5.96. The highest BCUT2D eigenvalue weighted by atomic mass is 79.9. The summed E-state index contributed by atoms with van der Waals surface area (Å²) >= 11 is 3.40. The van der Waals surface area contributed by atoms with Crippen LogP contribution in [-0.4, -0.2) is 25.7 Å². The standard InChI is InChI=1S/C12H14BrNO2/c1-14-12(11(15)16-2)7-10(12)8-3-5-9(13)6-4-8/h3-6,10,14H,7H2,1-2H3. The van der Waals surface area contributed by atoms with Gasteiger partial charge in [0.15, 0.2) is 0 Å². The van der Waals surface area contributed by atoms with E-state index in [1.807, 2.05) is 24.3 Å². The fourth-order valence-corrected chi connectivity index (χ4v) is 2.41. The minimum Gasteiger partial charge on any atom is -0.468 e. The van der Waals surface area contributed by atoms with Crippen LogP contribution in [0.3, 0.4) is 0 Å². The Morgan fingerprint density at radius 2 is 2.12 bits per heavy atom. The molecule has 0 aromatic heterocycles. The number of benzene rings is 1. The van der Waals surface area contributed by atoms with Crippen LogP contribution in [0.5, 0.6) is 0 Å². The van der Waals surface area contributed by atoms with E-state index in [0.717, 1.165) is 10.9 Å². The maximum Gasteiger partial charge on any atom is 0.326 e. The number of hydrogen-bond acceptors (Lipinski definition) is 3. The Hall–Kier alpha value is -0.870. The molecule has 1 saturated carbocycles. The zero-order valence-corrected chi connectivity index (χ0v) is 10.9. The van der Waals surface area contributed by atoms with Crippen molar-refractivity contribution >= 4 is 21.9 Å². The summed E-state index contributed by atoms with van der Waals surface area (Å²) in [5.41, 5.74) is 0.658. The van der Waals surface area contributed by atoms with Gasteiger partial charge in [-0.2, -0.15) is 0 Å². The van der Waals surface area contributed by atoms with Crippen molar-refractivity contribution in [2.45, 2.75) is 17.9 Å². The highest BCUT2D eigenvalue weighted by molar-refractivity contribution is 9.10. The molecule has 16 heavy (non-hydrogen) atoms. The number of halogens is 1. The van der Waals surface area contributed by atoms with E-state index in [1.165, 1.54) is 12.7 Å². The topological polar surface area (TPSA) is 38.3 Å². The molecule has 0 amide bonds. The maximum atomic E-state index is 11.7. The van der Waals surface area contributed by atoms with Crippen molar-refractivity contribution in [3.8, 4) is 0 Å². The third kappa shape index (κ3) is 1.76. The van der Waals surface area contributed by atoms with Gasteiger partial charge in [-0.05, 0) is 31.2 Å². The van der Waals surface area contributed by atoms with E-state index in [1.54, 1.807) is 7.05 Å². The number of hydrogen-bond donors (Lipinski definition) is 1. The minimum atomic E-state index is -0.511. The molecule has 1 fully saturated rings. The lowest BCUT2D eigenvalue weighted by atomic mass is 10.1. The van der Waals surface area contributed by atoms with Gasteiger partial charge in [-0.3, -0.25) is 4.79 Å². The zero-order valence-electron chi connectivity index (χ0n) is 9.29. The Kier molecular flexibility index (Phi) is 3.04. The van der Waals surface area contributed by atoms with E-state index in [-0.39, 0.29) is 11.9 Å². The highest BCUT2D eigenvalue weighted by Crippen LogP contribution is 2.51. The lowest BCUT2D eigenvalue weighted by Crippen LogP contribution is -2.39. The van der Waals surface area contributed by atoms with E-state index >= 15 is 0 Å². The summed E-state index contributed by atoms with van der Waals surface area (Å²) in [7, 11) is 3.23. The zero-order chi connectivity index (χ0) is 11.8. The number of carbonyl (C=O) groups excluding carboxylic acids is 1. The largest absolute Gasteiger partial charge is 0.468 e. The van der Waals surface area contributed by atoms with Gasteiger partial charge in [0, 0.05) is 10.4 Å². The molecule has 0 aliphatic heterocycles. The van der Waals surface area contributed by atoms with Gasteiger partial charge in [-0.15, -0.1) is 0 Å².